The Morgan fingerprint density at radius 2 is 1.72 bits per heavy atom. The van der Waals surface area contributed by atoms with Crippen LogP contribution in [0.5, 0.6) is 5.75 Å². The van der Waals surface area contributed by atoms with Crippen molar-refractivity contribution in [1.82, 2.24) is 9.88 Å². The number of nitrogens with zero attached hydrogens (tertiary/aromatic N) is 3. The zero-order chi connectivity index (χ0) is 17.8. The standard InChI is InChI=1S/C18H19N3O4/c1-25-14-7-5-13(6-8-14)17(22)21-11-9-20(10-12-21)16-4-2-3-15(19-16)18(23)24/h2-8H,9-12H2,1H3,(H,23,24). The van der Waals surface area contributed by atoms with Crippen LogP contribution in [-0.4, -0.2) is 60.2 Å². The van der Waals surface area contributed by atoms with E-state index in [0.29, 0.717) is 43.3 Å². The van der Waals surface area contributed by atoms with E-state index in [0.717, 1.165) is 0 Å². The molecule has 25 heavy (non-hydrogen) atoms. The molecule has 0 radical (unpaired) electrons. The van der Waals surface area contributed by atoms with Crippen molar-refractivity contribution >= 4 is 17.7 Å². The van der Waals surface area contributed by atoms with Crippen LogP contribution in [0.4, 0.5) is 5.82 Å². The first-order valence-electron chi connectivity index (χ1n) is 7.97. The van der Waals surface area contributed by atoms with Gasteiger partial charge in [0.05, 0.1) is 7.11 Å². The van der Waals surface area contributed by atoms with E-state index in [1.54, 1.807) is 48.4 Å². The number of piperazine rings is 1. The molecule has 0 atom stereocenters. The van der Waals surface area contributed by atoms with Gasteiger partial charge >= 0.3 is 5.97 Å². The number of carbonyl (C=O) groups excluding carboxylic acids is 1. The number of ether oxygens (including phenoxy) is 1. The van der Waals surface area contributed by atoms with Crippen LogP contribution in [0.25, 0.3) is 0 Å². The maximum absolute atomic E-state index is 12.6. The van der Waals surface area contributed by atoms with E-state index in [-0.39, 0.29) is 11.6 Å². The molecule has 2 heterocycles. The minimum absolute atomic E-state index is 0.0189. The van der Waals surface area contributed by atoms with Gasteiger partial charge in [0.15, 0.2) is 5.69 Å². The fourth-order valence-electron chi connectivity index (χ4n) is 2.77. The summed E-state index contributed by atoms with van der Waals surface area (Å²) in [5.74, 6) is 0.270. The fraction of sp³-hybridized carbons (Fsp3) is 0.278. The van der Waals surface area contributed by atoms with E-state index < -0.39 is 5.97 Å². The van der Waals surface area contributed by atoms with Crippen LogP contribution in [0.15, 0.2) is 42.5 Å². The lowest BCUT2D eigenvalue weighted by Crippen LogP contribution is -2.49. The van der Waals surface area contributed by atoms with Crippen molar-refractivity contribution in [2.24, 2.45) is 0 Å². The largest absolute Gasteiger partial charge is 0.497 e. The Labute approximate surface area is 145 Å². The predicted octanol–water partition coefficient (Wildman–Crippen LogP) is 1.75. The molecule has 3 rings (SSSR count). The number of hydrogen-bond donors (Lipinski definition) is 1. The second-order valence-electron chi connectivity index (χ2n) is 5.69. The molecule has 1 saturated heterocycles. The Balaban J connectivity index is 1.64. The highest BCUT2D eigenvalue weighted by Gasteiger charge is 2.23. The Morgan fingerprint density at radius 3 is 2.32 bits per heavy atom. The summed E-state index contributed by atoms with van der Waals surface area (Å²) in [5, 5.41) is 9.04. The van der Waals surface area contributed by atoms with Gasteiger partial charge in [-0.1, -0.05) is 6.07 Å². The van der Waals surface area contributed by atoms with Gasteiger partial charge in [0, 0.05) is 31.7 Å². The number of anilines is 1. The maximum atomic E-state index is 12.6. The third-order valence-electron chi connectivity index (χ3n) is 4.18. The Morgan fingerprint density at radius 1 is 1.04 bits per heavy atom. The minimum atomic E-state index is -1.05. The van der Waals surface area contributed by atoms with Crippen molar-refractivity contribution in [2.75, 3.05) is 38.2 Å². The molecule has 1 aliphatic rings. The molecular formula is C18H19N3O4. The molecule has 1 fully saturated rings. The van der Waals surface area contributed by atoms with Crippen LogP contribution in [0.1, 0.15) is 20.8 Å². The summed E-state index contributed by atoms with van der Waals surface area (Å²) >= 11 is 0. The summed E-state index contributed by atoms with van der Waals surface area (Å²) < 4.78 is 5.10. The maximum Gasteiger partial charge on any atom is 0.354 e. The van der Waals surface area contributed by atoms with E-state index in [1.807, 2.05) is 4.90 Å². The van der Waals surface area contributed by atoms with Crippen molar-refractivity contribution in [3.8, 4) is 5.75 Å². The number of carbonyl (C=O) groups is 2. The number of pyridine rings is 1. The van der Waals surface area contributed by atoms with Gasteiger partial charge in [-0.2, -0.15) is 0 Å². The molecule has 0 aliphatic carbocycles. The number of hydrogen-bond acceptors (Lipinski definition) is 5. The van der Waals surface area contributed by atoms with E-state index >= 15 is 0 Å². The van der Waals surface area contributed by atoms with E-state index in [4.69, 9.17) is 9.84 Å². The lowest BCUT2D eigenvalue weighted by Gasteiger charge is -2.35. The highest BCUT2D eigenvalue weighted by Crippen LogP contribution is 2.17. The third kappa shape index (κ3) is 3.71. The smallest absolute Gasteiger partial charge is 0.354 e. The highest BCUT2D eigenvalue weighted by atomic mass is 16.5. The Kier molecular flexibility index (Phi) is 4.83. The molecular weight excluding hydrogens is 322 g/mol. The van der Waals surface area contributed by atoms with Gasteiger partial charge in [-0.3, -0.25) is 4.79 Å². The van der Waals surface area contributed by atoms with Gasteiger partial charge in [-0.05, 0) is 36.4 Å². The van der Waals surface area contributed by atoms with Crippen molar-refractivity contribution in [1.29, 1.82) is 0 Å². The van der Waals surface area contributed by atoms with Crippen molar-refractivity contribution in [2.45, 2.75) is 0 Å². The molecule has 0 saturated carbocycles. The minimum Gasteiger partial charge on any atom is -0.497 e. The number of aromatic carboxylic acids is 1. The molecule has 7 nitrogen and oxygen atoms in total. The number of amides is 1. The van der Waals surface area contributed by atoms with Crippen LogP contribution in [0, 0.1) is 0 Å². The second kappa shape index (κ2) is 7.21. The van der Waals surface area contributed by atoms with Crippen LogP contribution >= 0.6 is 0 Å². The zero-order valence-electron chi connectivity index (χ0n) is 13.9. The highest BCUT2D eigenvalue weighted by molar-refractivity contribution is 5.94. The van der Waals surface area contributed by atoms with Crippen molar-refractivity contribution < 1.29 is 19.4 Å². The quantitative estimate of drug-likeness (QED) is 0.912. The van der Waals surface area contributed by atoms with Crippen molar-refractivity contribution in [3.63, 3.8) is 0 Å². The topological polar surface area (TPSA) is 83.0 Å². The first kappa shape index (κ1) is 16.8. The normalized spacial score (nSPS) is 14.3. The lowest BCUT2D eigenvalue weighted by molar-refractivity contribution is 0.0690. The first-order chi connectivity index (χ1) is 12.1. The Bertz CT molecular complexity index is 768. The molecule has 7 heteroatoms. The number of benzene rings is 1. The number of aromatic nitrogens is 1. The molecule has 0 unspecified atom stereocenters. The summed E-state index contributed by atoms with van der Waals surface area (Å²) in [6, 6.07) is 12.0. The number of methoxy groups -OCH3 is 1. The van der Waals surface area contributed by atoms with Crippen LogP contribution in [0.3, 0.4) is 0 Å². The number of rotatable bonds is 4. The molecule has 1 aromatic carbocycles. The average Bonchev–Trinajstić information content (AvgIpc) is 2.67. The molecule has 1 N–H and O–H groups in total. The molecule has 0 spiro atoms. The van der Waals surface area contributed by atoms with Gasteiger partial charge < -0.3 is 19.6 Å². The molecule has 1 aromatic heterocycles. The lowest BCUT2D eigenvalue weighted by atomic mass is 10.1. The molecule has 0 bridgehead atoms. The van der Waals surface area contributed by atoms with Crippen LogP contribution in [-0.2, 0) is 0 Å². The van der Waals surface area contributed by atoms with Gasteiger partial charge in [0.1, 0.15) is 11.6 Å². The number of carboxylic acid groups (broad SMARTS) is 1. The monoisotopic (exact) mass is 341 g/mol. The van der Waals surface area contributed by atoms with E-state index in [2.05, 4.69) is 4.98 Å². The predicted molar refractivity (Wildman–Crippen MR) is 92.3 cm³/mol. The second-order valence-corrected chi connectivity index (χ2v) is 5.69. The first-order valence-corrected chi connectivity index (χ1v) is 7.97. The molecule has 130 valence electrons. The molecule has 2 aromatic rings. The third-order valence-corrected chi connectivity index (χ3v) is 4.18. The van der Waals surface area contributed by atoms with Gasteiger partial charge in [-0.15, -0.1) is 0 Å². The summed E-state index contributed by atoms with van der Waals surface area (Å²) in [4.78, 5) is 31.5. The van der Waals surface area contributed by atoms with E-state index in [9.17, 15) is 9.59 Å². The zero-order valence-corrected chi connectivity index (χ0v) is 13.9. The average molecular weight is 341 g/mol. The Hall–Kier alpha value is -3.09. The van der Waals surface area contributed by atoms with Gasteiger partial charge in [0.2, 0.25) is 0 Å². The summed E-state index contributed by atoms with van der Waals surface area (Å²) in [5.41, 5.74) is 0.648. The number of carboxylic acids is 1. The van der Waals surface area contributed by atoms with Gasteiger partial charge in [-0.25, -0.2) is 9.78 Å². The molecule has 1 aliphatic heterocycles. The van der Waals surface area contributed by atoms with E-state index in [1.165, 1.54) is 6.07 Å². The summed E-state index contributed by atoms with van der Waals surface area (Å²) in [6.07, 6.45) is 0. The fourth-order valence-corrected chi connectivity index (χ4v) is 2.77. The summed E-state index contributed by atoms with van der Waals surface area (Å²) in [7, 11) is 1.59. The van der Waals surface area contributed by atoms with Crippen LogP contribution < -0.4 is 9.64 Å². The van der Waals surface area contributed by atoms with Gasteiger partial charge in [0.25, 0.3) is 5.91 Å². The van der Waals surface area contributed by atoms with Crippen molar-refractivity contribution in [3.05, 3.63) is 53.7 Å². The SMILES string of the molecule is COc1ccc(C(=O)N2CCN(c3cccc(C(=O)O)n3)CC2)cc1. The van der Waals surface area contributed by atoms with Crippen LogP contribution in [0.2, 0.25) is 0 Å². The summed E-state index contributed by atoms with van der Waals surface area (Å²) in [6.45, 7) is 2.34. The molecule has 1 amide bonds.